The van der Waals surface area contributed by atoms with Crippen LogP contribution >= 0.6 is 0 Å². The van der Waals surface area contributed by atoms with Gasteiger partial charge < -0.3 is 20.4 Å². The summed E-state index contributed by atoms with van der Waals surface area (Å²) >= 11 is 0. The van der Waals surface area contributed by atoms with Gasteiger partial charge in [0.2, 0.25) is 0 Å². The zero-order valence-electron chi connectivity index (χ0n) is 15.0. The first-order valence-electron chi connectivity index (χ1n) is 8.97. The second-order valence-electron chi connectivity index (χ2n) is 8.61. The SMILES string of the molecule is CC1(C)CCC[C@]2(C)c3c(oc4c(C(N)=O)c(O)c(O)cc34)CC[C@@H]12. The van der Waals surface area contributed by atoms with E-state index in [4.69, 9.17) is 10.2 Å². The fourth-order valence-electron chi connectivity index (χ4n) is 5.69. The Morgan fingerprint density at radius 1 is 1.28 bits per heavy atom. The first kappa shape index (κ1) is 16.3. The number of primary amides is 1. The van der Waals surface area contributed by atoms with Gasteiger partial charge in [0.1, 0.15) is 11.3 Å². The van der Waals surface area contributed by atoms with Crippen LogP contribution in [0.15, 0.2) is 10.5 Å². The summed E-state index contributed by atoms with van der Waals surface area (Å²) in [6, 6.07) is 1.52. The zero-order valence-corrected chi connectivity index (χ0v) is 15.0. The number of benzene rings is 1. The largest absolute Gasteiger partial charge is 0.504 e. The first-order chi connectivity index (χ1) is 11.7. The predicted octanol–water partition coefficient (Wildman–Crippen LogP) is 3.97. The van der Waals surface area contributed by atoms with Gasteiger partial charge in [-0.3, -0.25) is 4.79 Å². The molecule has 1 heterocycles. The molecular formula is C20H25NO4. The van der Waals surface area contributed by atoms with Crippen LogP contribution in [0.1, 0.15) is 68.1 Å². The molecule has 2 aliphatic carbocycles. The monoisotopic (exact) mass is 343 g/mol. The molecule has 25 heavy (non-hydrogen) atoms. The lowest BCUT2D eigenvalue weighted by Crippen LogP contribution is -2.47. The van der Waals surface area contributed by atoms with Crippen molar-refractivity contribution in [2.24, 2.45) is 17.1 Å². The second kappa shape index (κ2) is 4.93. The van der Waals surface area contributed by atoms with E-state index in [1.165, 1.54) is 12.5 Å². The van der Waals surface area contributed by atoms with Gasteiger partial charge in [0.15, 0.2) is 17.1 Å². The molecule has 4 N–H and O–H groups in total. The van der Waals surface area contributed by atoms with Crippen LogP contribution in [-0.2, 0) is 11.8 Å². The lowest BCUT2D eigenvalue weighted by Gasteiger charge is -2.53. The molecule has 134 valence electrons. The number of aryl methyl sites for hydroxylation is 1. The van der Waals surface area contributed by atoms with E-state index in [1.807, 2.05) is 0 Å². The van der Waals surface area contributed by atoms with E-state index in [1.54, 1.807) is 0 Å². The molecule has 1 saturated carbocycles. The molecule has 5 nitrogen and oxygen atoms in total. The Kier molecular flexibility index (Phi) is 3.22. The minimum atomic E-state index is -0.796. The first-order valence-corrected chi connectivity index (χ1v) is 8.97. The third kappa shape index (κ3) is 2.04. The Morgan fingerprint density at radius 3 is 2.68 bits per heavy atom. The molecule has 1 aromatic heterocycles. The van der Waals surface area contributed by atoms with Crippen LogP contribution in [0, 0.1) is 11.3 Å². The van der Waals surface area contributed by atoms with E-state index < -0.39 is 11.7 Å². The summed E-state index contributed by atoms with van der Waals surface area (Å²) in [6.45, 7) is 6.94. The minimum Gasteiger partial charge on any atom is -0.504 e. The molecule has 1 amide bonds. The number of rotatable bonds is 1. The Balaban J connectivity index is 2.05. The number of phenolic OH excluding ortho intramolecular Hbond substituents is 1. The van der Waals surface area contributed by atoms with Gasteiger partial charge >= 0.3 is 0 Å². The maximum Gasteiger partial charge on any atom is 0.256 e. The lowest BCUT2D eigenvalue weighted by atomic mass is 9.51. The number of amides is 1. The van der Waals surface area contributed by atoms with E-state index in [-0.39, 0.29) is 22.1 Å². The van der Waals surface area contributed by atoms with Gasteiger partial charge in [-0.05, 0) is 42.1 Å². The molecule has 0 bridgehead atoms. The fraction of sp³-hybridized carbons (Fsp3) is 0.550. The summed E-state index contributed by atoms with van der Waals surface area (Å²) in [4.78, 5) is 11.9. The van der Waals surface area contributed by atoms with Crippen molar-refractivity contribution in [2.45, 2.75) is 58.3 Å². The number of fused-ring (bicyclic) bond motifs is 5. The van der Waals surface area contributed by atoms with Crippen LogP contribution in [0.25, 0.3) is 11.0 Å². The Bertz CT molecular complexity index is 895. The molecular weight excluding hydrogens is 318 g/mol. The van der Waals surface area contributed by atoms with Gasteiger partial charge in [-0.1, -0.05) is 27.2 Å². The van der Waals surface area contributed by atoms with Gasteiger partial charge in [0.25, 0.3) is 5.91 Å². The quantitative estimate of drug-likeness (QED) is 0.682. The molecule has 0 spiro atoms. The highest BCUT2D eigenvalue weighted by Crippen LogP contribution is 2.59. The number of hydrogen-bond donors (Lipinski definition) is 3. The number of hydrogen-bond acceptors (Lipinski definition) is 4. The molecule has 5 heteroatoms. The number of aromatic hydroxyl groups is 2. The molecule has 0 unspecified atom stereocenters. The van der Waals surface area contributed by atoms with Crippen molar-refractivity contribution < 1.29 is 19.4 Å². The van der Waals surface area contributed by atoms with Crippen LogP contribution in [0.5, 0.6) is 11.5 Å². The summed E-state index contributed by atoms with van der Waals surface area (Å²) in [5, 5.41) is 21.0. The molecule has 0 radical (unpaired) electrons. The maximum atomic E-state index is 11.9. The van der Waals surface area contributed by atoms with E-state index >= 15 is 0 Å². The van der Waals surface area contributed by atoms with Crippen LogP contribution in [0.3, 0.4) is 0 Å². The highest BCUT2D eigenvalue weighted by atomic mass is 16.3. The summed E-state index contributed by atoms with van der Waals surface area (Å²) in [6.07, 6.45) is 5.24. The normalized spacial score (nSPS) is 27.7. The van der Waals surface area contributed by atoms with Crippen LogP contribution in [0.4, 0.5) is 0 Å². The van der Waals surface area contributed by atoms with E-state index in [9.17, 15) is 15.0 Å². The summed E-state index contributed by atoms with van der Waals surface area (Å²) < 4.78 is 6.03. The Labute approximate surface area is 146 Å². The molecule has 0 saturated heterocycles. The smallest absolute Gasteiger partial charge is 0.256 e. The van der Waals surface area contributed by atoms with E-state index in [0.717, 1.165) is 37.0 Å². The van der Waals surface area contributed by atoms with Gasteiger partial charge in [-0.15, -0.1) is 0 Å². The average Bonchev–Trinajstić information content (AvgIpc) is 2.86. The van der Waals surface area contributed by atoms with Crippen molar-refractivity contribution in [1.82, 2.24) is 0 Å². The topological polar surface area (TPSA) is 96.7 Å². The van der Waals surface area contributed by atoms with Gasteiger partial charge in [-0.2, -0.15) is 0 Å². The highest BCUT2D eigenvalue weighted by molar-refractivity contribution is 6.08. The summed E-state index contributed by atoms with van der Waals surface area (Å²) in [5.74, 6) is -0.258. The van der Waals surface area contributed by atoms with Crippen molar-refractivity contribution in [1.29, 1.82) is 0 Å². The van der Waals surface area contributed by atoms with Crippen molar-refractivity contribution in [3.05, 3.63) is 23.0 Å². The van der Waals surface area contributed by atoms with Crippen LogP contribution < -0.4 is 5.73 Å². The average molecular weight is 343 g/mol. The van der Waals surface area contributed by atoms with Crippen molar-refractivity contribution >= 4 is 16.9 Å². The van der Waals surface area contributed by atoms with E-state index in [0.29, 0.717) is 16.9 Å². The predicted molar refractivity (Wildman–Crippen MR) is 94.9 cm³/mol. The molecule has 2 aromatic rings. The molecule has 2 aliphatic rings. The van der Waals surface area contributed by atoms with Crippen molar-refractivity contribution in [3.8, 4) is 11.5 Å². The number of nitrogens with two attached hydrogens (primary N) is 1. The molecule has 1 aromatic carbocycles. The molecule has 4 rings (SSSR count). The lowest BCUT2D eigenvalue weighted by molar-refractivity contribution is 0.0387. The standard InChI is InChI=1S/C20H25NO4/c1-19(2)7-4-8-20(3)13(19)6-5-12-15(20)10-9-11(22)16(23)14(18(21)24)17(10)25-12/h9,13,22-23H,4-8H2,1-3H3,(H2,21,24)/t13-,20-/m0/s1. The van der Waals surface area contributed by atoms with Crippen LogP contribution in [0.2, 0.25) is 0 Å². The van der Waals surface area contributed by atoms with Gasteiger partial charge in [-0.25, -0.2) is 0 Å². The zero-order chi connectivity index (χ0) is 18.1. The maximum absolute atomic E-state index is 11.9. The minimum absolute atomic E-state index is 0.0705. The summed E-state index contributed by atoms with van der Waals surface area (Å²) in [5.41, 5.74) is 6.88. The molecule has 0 aliphatic heterocycles. The van der Waals surface area contributed by atoms with Crippen LogP contribution in [-0.4, -0.2) is 16.1 Å². The third-order valence-corrected chi connectivity index (χ3v) is 6.71. The summed E-state index contributed by atoms with van der Waals surface area (Å²) in [7, 11) is 0. The van der Waals surface area contributed by atoms with E-state index in [2.05, 4.69) is 20.8 Å². The van der Waals surface area contributed by atoms with Gasteiger partial charge in [0.05, 0.1) is 0 Å². The Hall–Kier alpha value is -2.17. The number of phenols is 2. The number of carbonyl (C=O) groups is 1. The van der Waals surface area contributed by atoms with Gasteiger partial charge in [0, 0.05) is 17.4 Å². The Morgan fingerprint density at radius 2 is 2.00 bits per heavy atom. The highest BCUT2D eigenvalue weighted by Gasteiger charge is 2.51. The molecule has 1 fully saturated rings. The second-order valence-corrected chi connectivity index (χ2v) is 8.61. The van der Waals surface area contributed by atoms with Crippen molar-refractivity contribution in [2.75, 3.05) is 0 Å². The fourth-order valence-corrected chi connectivity index (χ4v) is 5.69. The molecule has 2 atom stereocenters. The number of furan rings is 1. The van der Waals surface area contributed by atoms with Crippen molar-refractivity contribution in [3.63, 3.8) is 0 Å². The number of carbonyl (C=O) groups excluding carboxylic acids is 1. The third-order valence-electron chi connectivity index (χ3n) is 6.71.